The van der Waals surface area contributed by atoms with E-state index in [0.717, 1.165) is 21.5 Å². The van der Waals surface area contributed by atoms with E-state index in [0.29, 0.717) is 28.2 Å². The molecule has 0 radical (unpaired) electrons. The average Bonchev–Trinajstić information content (AvgIpc) is 2.81. The maximum absolute atomic E-state index is 12.2. The van der Waals surface area contributed by atoms with Crippen molar-refractivity contribution in [1.82, 2.24) is 0 Å². The summed E-state index contributed by atoms with van der Waals surface area (Å²) in [5.74, 6) is 0. The molecule has 6 nitrogen and oxygen atoms in total. The molecule has 0 amide bonds. The lowest BCUT2D eigenvalue weighted by molar-refractivity contribution is 0.387. The van der Waals surface area contributed by atoms with Crippen LogP contribution >= 0.6 is 7.60 Å². The third-order valence-electron chi connectivity index (χ3n) is 5.56. The minimum Gasteiger partial charge on any atom is -0.398 e. The number of hydrogen-bond acceptors (Lipinski definition) is 4. The zero-order chi connectivity index (χ0) is 23.0. The second kappa shape index (κ2) is 8.26. The minimum absolute atomic E-state index is 0.103. The average molecular weight is 453 g/mol. The first kappa shape index (κ1) is 21.0. The van der Waals surface area contributed by atoms with E-state index < -0.39 is 7.60 Å². The van der Waals surface area contributed by atoms with Crippen molar-refractivity contribution in [2.24, 2.45) is 10.2 Å². The smallest absolute Gasteiger partial charge is 0.356 e. The van der Waals surface area contributed by atoms with Crippen molar-refractivity contribution in [2.75, 3.05) is 5.73 Å². The van der Waals surface area contributed by atoms with Gasteiger partial charge in [0.05, 0.1) is 11.0 Å². The van der Waals surface area contributed by atoms with E-state index in [1.54, 1.807) is 24.3 Å². The Kier molecular flexibility index (Phi) is 5.27. The van der Waals surface area contributed by atoms with Gasteiger partial charge in [-0.15, -0.1) is 10.2 Å². The number of benzene rings is 5. The van der Waals surface area contributed by atoms with E-state index in [2.05, 4.69) is 10.2 Å². The molecule has 0 spiro atoms. The highest BCUT2D eigenvalue weighted by Gasteiger charge is 2.25. The molecule has 162 valence electrons. The molecule has 0 atom stereocenters. The normalized spacial score (nSPS) is 12.1. The second-order valence-corrected chi connectivity index (χ2v) is 9.24. The number of nitrogens with zero attached hydrogens (tertiary/aromatic N) is 2. The Morgan fingerprint density at radius 3 is 2.12 bits per heavy atom. The topological polar surface area (TPSA) is 108 Å². The molecule has 33 heavy (non-hydrogen) atoms. The molecule has 0 aromatic heterocycles. The SMILES string of the molecule is Nc1cc2ccccc2c(N=Nc2cccc3ccccc23)c1-c1ccccc1P(=O)(O)O. The number of hydrogen-bond donors (Lipinski definition) is 3. The van der Waals surface area contributed by atoms with Gasteiger partial charge in [-0.25, -0.2) is 0 Å². The molecule has 5 aromatic rings. The molecule has 5 aromatic carbocycles. The zero-order valence-electron chi connectivity index (χ0n) is 17.5. The van der Waals surface area contributed by atoms with Crippen molar-refractivity contribution in [3.63, 3.8) is 0 Å². The van der Waals surface area contributed by atoms with Crippen molar-refractivity contribution in [3.05, 3.63) is 97.1 Å². The van der Waals surface area contributed by atoms with E-state index in [9.17, 15) is 14.4 Å². The fourth-order valence-corrected chi connectivity index (χ4v) is 4.86. The summed E-state index contributed by atoms with van der Waals surface area (Å²) in [6.07, 6.45) is 0. The van der Waals surface area contributed by atoms with Gasteiger partial charge in [-0.3, -0.25) is 4.57 Å². The lowest BCUT2D eigenvalue weighted by Crippen LogP contribution is -2.08. The largest absolute Gasteiger partial charge is 0.398 e. The fourth-order valence-electron chi connectivity index (χ4n) is 4.07. The van der Waals surface area contributed by atoms with Crippen molar-refractivity contribution >= 4 is 51.5 Å². The molecule has 0 unspecified atom stereocenters. The Bertz CT molecular complexity index is 1590. The van der Waals surface area contributed by atoms with Gasteiger partial charge in [-0.2, -0.15) is 0 Å². The predicted molar refractivity (Wildman–Crippen MR) is 134 cm³/mol. The van der Waals surface area contributed by atoms with Crippen LogP contribution in [0.3, 0.4) is 0 Å². The number of rotatable bonds is 4. The molecule has 0 fully saturated rings. The Labute approximate surface area is 190 Å². The molecule has 0 heterocycles. The monoisotopic (exact) mass is 453 g/mol. The third-order valence-corrected chi connectivity index (χ3v) is 6.58. The third kappa shape index (κ3) is 3.92. The van der Waals surface area contributed by atoms with Gasteiger partial charge in [0.25, 0.3) is 0 Å². The molecular weight excluding hydrogens is 433 g/mol. The van der Waals surface area contributed by atoms with Gasteiger partial charge in [0, 0.05) is 27.6 Å². The fraction of sp³-hybridized carbons (Fsp3) is 0. The van der Waals surface area contributed by atoms with Crippen molar-refractivity contribution < 1.29 is 14.4 Å². The Balaban J connectivity index is 1.81. The summed E-state index contributed by atoms with van der Waals surface area (Å²) >= 11 is 0. The maximum atomic E-state index is 12.2. The molecule has 7 heteroatoms. The van der Waals surface area contributed by atoms with E-state index in [-0.39, 0.29) is 5.30 Å². The highest BCUT2D eigenvalue weighted by atomic mass is 31.2. The molecule has 0 saturated carbocycles. The van der Waals surface area contributed by atoms with Gasteiger partial charge in [0.2, 0.25) is 0 Å². The van der Waals surface area contributed by atoms with Crippen LogP contribution in [0.25, 0.3) is 32.7 Å². The highest BCUT2D eigenvalue weighted by molar-refractivity contribution is 7.60. The van der Waals surface area contributed by atoms with Gasteiger partial charge in [0.15, 0.2) is 0 Å². The second-order valence-electron chi connectivity index (χ2n) is 7.67. The van der Waals surface area contributed by atoms with Crippen LogP contribution in [0.15, 0.2) is 107 Å². The first-order chi connectivity index (χ1) is 15.9. The quantitative estimate of drug-likeness (QED) is 0.165. The molecule has 4 N–H and O–H groups in total. The lowest BCUT2D eigenvalue weighted by Gasteiger charge is -2.16. The van der Waals surface area contributed by atoms with Crippen LogP contribution in [-0.4, -0.2) is 9.79 Å². The summed E-state index contributed by atoms with van der Waals surface area (Å²) in [5.41, 5.74) is 8.72. The summed E-state index contributed by atoms with van der Waals surface area (Å²) < 4.78 is 12.2. The van der Waals surface area contributed by atoms with Crippen LogP contribution in [0.1, 0.15) is 0 Å². The Morgan fingerprint density at radius 1 is 0.697 bits per heavy atom. The number of azo groups is 1. The predicted octanol–water partition coefficient (Wildman–Crippen LogP) is 6.46. The van der Waals surface area contributed by atoms with Gasteiger partial charge in [-0.05, 0) is 29.0 Å². The van der Waals surface area contributed by atoms with Gasteiger partial charge < -0.3 is 15.5 Å². The number of anilines is 1. The molecule has 0 aliphatic rings. The minimum atomic E-state index is -4.56. The van der Waals surface area contributed by atoms with Crippen LogP contribution in [0.4, 0.5) is 17.1 Å². The summed E-state index contributed by atoms with van der Waals surface area (Å²) in [6, 6.07) is 29.4. The van der Waals surface area contributed by atoms with Crippen LogP contribution in [0.5, 0.6) is 0 Å². The van der Waals surface area contributed by atoms with E-state index >= 15 is 0 Å². The van der Waals surface area contributed by atoms with Crippen molar-refractivity contribution in [1.29, 1.82) is 0 Å². The standard InChI is InChI=1S/C26H20N3O3P/c27-22-16-18-9-2-4-12-20(18)26(25(22)21-13-5-6-15-24(21)33(30,31)32)29-28-23-14-7-10-17-8-1-3-11-19(17)23/h1-16H,27H2,(H2,30,31,32). The molecule has 5 rings (SSSR count). The van der Waals surface area contributed by atoms with Crippen LogP contribution < -0.4 is 11.0 Å². The van der Waals surface area contributed by atoms with Crippen LogP contribution in [0, 0.1) is 0 Å². The van der Waals surface area contributed by atoms with Crippen molar-refractivity contribution in [2.45, 2.75) is 0 Å². The highest BCUT2D eigenvalue weighted by Crippen LogP contribution is 2.46. The maximum Gasteiger partial charge on any atom is 0.356 e. The first-order valence-electron chi connectivity index (χ1n) is 10.3. The van der Waals surface area contributed by atoms with Crippen LogP contribution in [0.2, 0.25) is 0 Å². The number of nitrogens with two attached hydrogens (primary N) is 1. The first-order valence-corrected chi connectivity index (χ1v) is 11.9. The molecule has 0 bridgehead atoms. The van der Waals surface area contributed by atoms with Crippen molar-refractivity contribution in [3.8, 4) is 11.1 Å². The van der Waals surface area contributed by atoms with E-state index in [1.807, 2.05) is 66.7 Å². The van der Waals surface area contributed by atoms with Gasteiger partial charge in [0.1, 0.15) is 5.69 Å². The summed E-state index contributed by atoms with van der Waals surface area (Å²) in [4.78, 5) is 19.9. The molecule has 0 aliphatic carbocycles. The van der Waals surface area contributed by atoms with E-state index in [4.69, 9.17) is 5.73 Å². The van der Waals surface area contributed by atoms with Crippen LogP contribution in [-0.2, 0) is 4.57 Å². The molecular formula is C26H20N3O3P. The summed E-state index contributed by atoms with van der Waals surface area (Å²) in [6.45, 7) is 0. The van der Waals surface area contributed by atoms with Gasteiger partial charge >= 0.3 is 7.60 Å². The Morgan fingerprint density at radius 2 is 1.33 bits per heavy atom. The number of fused-ring (bicyclic) bond motifs is 2. The lowest BCUT2D eigenvalue weighted by atomic mass is 9.96. The summed E-state index contributed by atoms with van der Waals surface area (Å²) in [7, 11) is -4.56. The zero-order valence-corrected chi connectivity index (χ0v) is 18.4. The summed E-state index contributed by atoms with van der Waals surface area (Å²) in [5, 5.41) is 12.7. The van der Waals surface area contributed by atoms with E-state index in [1.165, 1.54) is 6.07 Å². The van der Waals surface area contributed by atoms with Gasteiger partial charge in [-0.1, -0.05) is 78.9 Å². The molecule has 0 saturated heterocycles. The molecule has 0 aliphatic heterocycles. The number of nitrogen functional groups attached to an aromatic ring is 1. The Hall–Kier alpha value is -3.83.